The molecule has 6 heteroatoms. The fourth-order valence-corrected chi connectivity index (χ4v) is 1.98. The number of nitrogens with two attached hydrogens (primary N) is 1. The second kappa shape index (κ2) is 4.00. The molecule has 0 atom stereocenters. The van der Waals surface area contributed by atoms with Crippen LogP contribution in [0.4, 0.5) is 10.1 Å². The van der Waals surface area contributed by atoms with Crippen LogP contribution in [0.25, 0.3) is 5.69 Å². The van der Waals surface area contributed by atoms with Gasteiger partial charge in [-0.25, -0.2) is 14.1 Å². The summed E-state index contributed by atoms with van der Waals surface area (Å²) in [4.78, 5) is 4.15. The summed E-state index contributed by atoms with van der Waals surface area (Å²) in [6.07, 6.45) is 0. The fourth-order valence-electron chi connectivity index (χ4n) is 1.48. The quantitative estimate of drug-likeness (QED) is 0.643. The van der Waals surface area contributed by atoms with Crippen LogP contribution >= 0.6 is 22.6 Å². The maximum atomic E-state index is 13.5. The molecule has 0 radical (unpaired) electrons. The van der Waals surface area contributed by atoms with E-state index >= 15 is 0 Å². The highest BCUT2D eigenvalue weighted by Crippen LogP contribution is 2.23. The van der Waals surface area contributed by atoms with Crippen molar-refractivity contribution in [3.63, 3.8) is 0 Å². The van der Waals surface area contributed by atoms with Gasteiger partial charge in [-0.2, -0.15) is 5.10 Å². The maximum absolute atomic E-state index is 13.5. The SMILES string of the molecule is Cc1nc(C)n(-c2cc(F)c(I)cc2N)n1. The van der Waals surface area contributed by atoms with Crippen molar-refractivity contribution in [2.75, 3.05) is 5.73 Å². The minimum atomic E-state index is -0.308. The molecule has 2 N–H and O–H groups in total. The summed E-state index contributed by atoms with van der Waals surface area (Å²) in [7, 11) is 0. The fraction of sp³-hybridized carbons (Fsp3) is 0.200. The Bertz CT molecular complexity index is 550. The summed E-state index contributed by atoms with van der Waals surface area (Å²) in [6.45, 7) is 3.58. The number of nitrogen functional groups attached to an aromatic ring is 1. The smallest absolute Gasteiger partial charge is 0.148 e. The van der Waals surface area contributed by atoms with Crippen molar-refractivity contribution < 1.29 is 4.39 Å². The standard InChI is InChI=1S/C10H10FIN4/c1-5-14-6(2)16(15-5)10-3-7(11)8(12)4-9(10)13/h3-4H,13H2,1-2H3. The second-order valence-corrected chi connectivity index (χ2v) is 4.61. The average Bonchev–Trinajstić information content (AvgIpc) is 2.51. The third kappa shape index (κ3) is 1.89. The van der Waals surface area contributed by atoms with Crippen LogP contribution in [0, 0.1) is 23.2 Å². The highest BCUT2D eigenvalue weighted by molar-refractivity contribution is 14.1. The molecule has 0 fully saturated rings. The number of anilines is 1. The largest absolute Gasteiger partial charge is 0.397 e. The number of hydrogen-bond acceptors (Lipinski definition) is 3. The zero-order valence-corrected chi connectivity index (χ0v) is 11.0. The second-order valence-electron chi connectivity index (χ2n) is 3.44. The molecule has 0 aliphatic heterocycles. The molecule has 1 heterocycles. The number of nitrogens with zero attached hydrogens (tertiary/aromatic N) is 3. The molecule has 0 saturated carbocycles. The van der Waals surface area contributed by atoms with Gasteiger partial charge in [-0.1, -0.05) is 0 Å². The first-order valence-electron chi connectivity index (χ1n) is 4.64. The predicted octanol–water partition coefficient (Wildman–Crippen LogP) is 2.21. The van der Waals surface area contributed by atoms with E-state index in [1.165, 1.54) is 6.07 Å². The Labute approximate surface area is 106 Å². The van der Waals surface area contributed by atoms with Crippen LogP contribution in [0.15, 0.2) is 12.1 Å². The lowest BCUT2D eigenvalue weighted by Crippen LogP contribution is -2.05. The van der Waals surface area contributed by atoms with E-state index in [0.29, 0.717) is 26.6 Å². The third-order valence-corrected chi connectivity index (χ3v) is 3.00. The molecule has 1 aromatic carbocycles. The summed E-state index contributed by atoms with van der Waals surface area (Å²) in [6, 6.07) is 2.96. The van der Waals surface area contributed by atoms with E-state index in [4.69, 9.17) is 5.73 Å². The van der Waals surface area contributed by atoms with Crippen LogP contribution in [-0.4, -0.2) is 14.8 Å². The molecule has 4 nitrogen and oxygen atoms in total. The molecule has 0 aliphatic rings. The highest BCUT2D eigenvalue weighted by Gasteiger charge is 2.11. The van der Waals surface area contributed by atoms with Crippen molar-refractivity contribution in [3.05, 3.63) is 33.2 Å². The molecular weight excluding hydrogens is 322 g/mol. The molecule has 0 unspecified atom stereocenters. The van der Waals surface area contributed by atoms with Crippen molar-refractivity contribution in [2.24, 2.45) is 0 Å². The van der Waals surface area contributed by atoms with Crippen molar-refractivity contribution >= 4 is 28.3 Å². The van der Waals surface area contributed by atoms with E-state index in [-0.39, 0.29) is 5.82 Å². The Morgan fingerprint density at radius 1 is 1.38 bits per heavy atom. The lowest BCUT2D eigenvalue weighted by molar-refractivity contribution is 0.618. The first-order valence-corrected chi connectivity index (χ1v) is 5.72. The van der Waals surface area contributed by atoms with Gasteiger partial charge < -0.3 is 5.73 Å². The Morgan fingerprint density at radius 3 is 2.62 bits per heavy atom. The molecule has 0 saturated heterocycles. The summed E-state index contributed by atoms with van der Waals surface area (Å²) in [5.74, 6) is 1.01. The molecule has 2 rings (SSSR count). The number of hydrogen-bond donors (Lipinski definition) is 1. The lowest BCUT2D eigenvalue weighted by Gasteiger charge is -2.07. The number of halogens is 2. The zero-order chi connectivity index (χ0) is 11.9. The maximum Gasteiger partial charge on any atom is 0.148 e. The molecule has 2 aromatic rings. The Balaban J connectivity index is 2.64. The number of benzene rings is 1. The molecular formula is C10H10FIN4. The van der Waals surface area contributed by atoms with E-state index in [1.807, 2.05) is 22.6 Å². The van der Waals surface area contributed by atoms with Crippen LogP contribution in [-0.2, 0) is 0 Å². The predicted molar refractivity (Wildman–Crippen MR) is 67.9 cm³/mol. The van der Waals surface area contributed by atoms with Gasteiger partial charge in [0.1, 0.15) is 17.5 Å². The number of aromatic nitrogens is 3. The number of aryl methyl sites for hydroxylation is 2. The van der Waals surface area contributed by atoms with E-state index in [9.17, 15) is 4.39 Å². The first kappa shape index (κ1) is 11.3. The van der Waals surface area contributed by atoms with Gasteiger partial charge in [0.05, 0.1) is 14.9 Å². The molecule has 84 valence electrons. The van der Waals surface area contributed by atoms with Gasteiger partial charge in [0.2, 0.25) is 0 Å². The van der Waals surface area contributed by atoms with Gasteiger partial charge in [0.15, 0.2) is 0 Å². The van der Waals surface area contributed by atoms with E-state index in [2.05, 4.69) is 10.1 Å². The van der Waals surface area contributed by atoms with Crippen LogP contribution in [0.2, 0.25) is 0 Å². The molecule has 16 heavy (non-hydrogen) atoms. The van der Waals surface area contributed by atoms with Crippen LogP contribution < -0.4 is 5.73 Å². The van der Waals surface area contributed by atoms with Crippen molar-refractivity contribution in [2.45, 2.75) is 13.8 Å². The minimum absolute atomic E-state index is 0.308. The molecule has 0 aliphatic carbocycles. The van der Waals surface area contributed by atoms with Crippen molar-refractivity contribution in [1.82, 2.24) is 14.8 Å². The van der Waals surface area contributed by atoms with E-state index < -0.39 is 0 Å². The summed E-state index contributed by atoms with van der Waals surface area (Å²) in [5, 5.41) is 4.17. The summed E-state index contributed by atoms with van der Waals surface area (Å²) >= 11 is 1.90. The van der Waals surface area contributed by atoms with Crippen molar-refractivity contribution in [1.29, 1.82) is 0 Å². The lowest BCUT2D eigenvalue weighted by atomic mass is 10.2. The third-order valence-electron chi connectivity index (χ3n) is 2.17. The van der Waals surface area contributed by atoms with Gasteiger partial charge in [0, 0.05) is 6.07 Å². The normalized spacial score (nSPS) is 10.8. The van der Waals surface area contributed by atoms with Gasteiger partial charge in [-0.05, 0) is 42.5 Å². The monoisotopic (exact) mass is 332 g/mol. The highest BCUT2D eigenvalue weighted by atomic mass is 127. The first-order chi connectivity index (χ1) is 7.49. The van der Waals surface area contributed by atoms with E-state index in [1.54, 1.807) is 24.6 Å². The minimum Gasteiger partial charge on any atom is -0.397 e. The Morgan fingerprint density at radius 2 is 2.06 bits per heavy atom. The van der Waals surface area contributed by atoms with Crippen molar-refractivity contribution in [3.8, 4) is 5.69 Å². The molecule has 0 spiro atoms. The topological polar surface area (TPSA) is 56.7 Å². The summed E-state index contributed by atoms with van der Waals surface area (Å²) in [5.41, 5.74) is 6.85. The van der Waals surface area contributed by atoms with Gasteiger partial charge in [-0.15, -0.1) is 0 Å². The van der Waals surface area contributed by atoms with Gasteiger partial charge in [0.25, 0.3) is 0 Å². The van der Waals surface area contributed by atoms with Gasteiger partial charge >= 0.3 is 0 Å². The Hall–Kier alpha value is -1.18. The molecule has 1 aromatic heterocycles. The summed E-state index contributed by atoms with van der Waals surface area (Å²) < 4.78 is 15.5. The van der Waals surface area contributed by atoms with Crippen LogP contribution in [0.3, 0.4) is 0 Å². The van der Waals surface area contributed by atoms with E-state index in [0.717, 1.165) is 0 Å². The number of rotatable bonds is 1. The zero-order valence-electron chi connectivity index (χ0n) is 8.83. The van der Waals surface area contributed by atoms with Gasteiger partial charge in [-0.3, -0.25) is 0 Å². The molecule has 0 amide bonds. The molecule has 0 bridgehead atoms. The average molecular weight is 332 g/mol. The van der Waals surface area contributed by atoms with Crippen LogP contribution in [0.5, 0.6) is 0 Å². The Kier molecular flexibility index (Phi) is 2.83. The van der Waals surface area contributed by atoms with Crippen LogP contribution in [0.1, 0.15) is 11.6 Å².